The van der Waals surface area contributed by atoms with E-state index in [1.807, 2.05) is 18.5 Å². The van der Waals surface area contributed by atoms with Crippen LogP contribution in [0, 0.1) is 5.82 Å². The van der Waals surface area contributed by atoms with E-state index in [-0.39, 0.29) is 5.82 Å². The summed E-state index contributed by atoms with van der Waals surface area (Å²) in [6.45, 7) is 1.08. The summed E-state index contributed by atoms with van der Waals surface area (Å²) in [5.41, 5.74) is 0.827. The third kappa shape index (κ3) is 3.54. The lowest BCUT2D eigenvalue weighted by atomic mass is 10.2. The SMILES string of the molecule is CNCc1cc(F)ccc1OCc1cc(Br)cs1. The van der Waals surface area contributed by atoms with Crippen molar-refractivity contribution in [3.63, 3.8) is 0 Å². The van der Waals surface area contributed by atoms with Crippen molar-refractivity contribution >= 4 is 27.3 Å². The molecule has 1 N–H and O–H groups in total. The maximum atomic E-state index is 13.1. The first-order valence-electron chi connectivity index (χ1n) is 5.48. The Labute approximate surface area is 118 Å². The molecule has 0 saturated heterocycles. The Hall–Kier alpha value is -0.910. The van der Waals surface area contributed by atoms with Gasteiger partial charge in [0.25, 0.3) is 0 Å². The third-order valence-corrected chi connectivity index (χ3v) is 4.05. The van der Waals surface area contributed by atoms with Crippen LogP contribution in [0.2, 0.25) is 0 Å². The summed E-state index contributed by atoms with van der Waals surface area (Å²) in [7, 11) is 1.82. The molecule has 0 aliphatic carbocycles. The van der Waals surface area contributed by atoms with Gasteiger partial charge in [0, 0.05) is 26.8 Å². The van der Waals surface area contributed by atoms with Crippen LogP contribution in [0.4, 0.5) is 4.39 Å². The minimum Gasteiger partial charge on any atom is -0.488 e. The molecule has 0 atom stereocenters. The minimum atomic E-state index is -0.244. The lowest BCUT2D eigenvalue weighted by Gasteiger charge is -2.10. The summed E-state index contributed by atoms with van der Waals surface area (Å²) in [4.78, 5) is 1.13. The molecule has 0 spiro atoms. The summed E-state index contributed by atoms with van der Waals surface area (Å²) < 4.78 is 19.9. The quantitative estimate of drug-likeness (QED) is 0.896. The van der Waals surface area contributed by atoms with Crippen LogP contribution in [0.5, 0.6) is 5.75 Å². The van der Waals surface area contributed by atoms with Crippen molar-refractivity contribution in [1.29, 1.82) is 0 Å². The van der Waals surface area contributed by atoms with E-state index < -0.39 is 0 Å². The van der Waals surface area contributed by atoms with E-state index in [4.69, 9.17) is 4.74 Å². The molecule has 0 unspecified atom stereocenters. The first kappa shape index (κ1) is 13.5. The maximum Gasteiger partial charge on any atom is 0.124 e. The molecule has 18 heavy (non-hydrogen) atoms. The molecule has 2 aromatic rings. The van der Waals surface area contributed by atoms with Crippen LogP contribution in [-0.2, 0) is 13.2 Å². The average molecular weight is 330 g/mol. The molecule has 96 valence electrons. The molecule has 1 aromatic heterocycles. The van der Waals surface area contributed by atoms with Gasteiger partial charge in [0.15, 0.2) is 0 Å². The summed E-state index contributed by atoms with van der Waals surface area (Å²) in [5, 5.41) is 5.01. The van der Waals surface area contributed by atoms with Gasteiger partial charge in [-0.25, -0.2) is 4.39 Å². The Morgan fingerprint density at radius 1 is 1.39 bits per heavy atom. The second-order valence-corrected chi connectivity index (χ2v) is 5.71. The Bertz CT molecular complexity index is 529. The van der Waals surface area contributed by atoms with Crippen LogP contribution in [-0.4, -0.2) is 7.05 Å². The maximum absolute atomic E-state index is 13.1. The number of hydrogen-bond acceptors (Lipinski definition) is 3. The van der Waals surface area contributed by atoms with Gasteiger partial charge in [-0.05, 0) is 47.2 Å². The first-order chi connectivity index (χ1) is 8.69. The predicted octanol–water partition coefficient (Wildman–Crippen LogP) is 3.95. The van der Waals surface area contributed by atoms with Gasteiger partial charge in [-0.2, -0.15) is 0 Å². The van der Waals surface area contributed by atoms with Gasteiger partial charge in [0.05, 0.1) is 0 Å². The molecule has 0 fully saturated rings. The molecular weight excluding hydrogens is 317 g/mol. The van der Waals surface area contributed by atoms with Crippen molar-refractivity contribution in [2.24, 2.45) is 0 Å². The number of hydrogen-bond donors (Lipinski definition) is 1. The Morgan fingerprint density at radius 2 is 2.22 bits per heavy atom. The molecule has 1 heterocycles. The molecule has 5 heteroatoms. The van der Waals surface area contributed by atoms with Gasteiger partial charge >= 0.3 is 0 Å². The highest BCUT2D eigenvalue weighted by molar-refractivity contribution is 9.10. The molecule has 2 rings (SSSR count). The monoisotopic (exact) mass is 329 g/mol. The number of benzene rings is 1. The first-order valence-corrected chi connectivity index (χ1v) is 7.15. The third-order valence-electron chi connectivity index (χ3n) is 2.38. The van der Waals surface area contributed by atoms with E-state index in [0.29, 0.717) is 13.2 Å². The smallest absolute Gasteiger partial charge is 0.124 e. The average Bonchev–Trinajstić information content (AvgIpc) is 2.75. The van der Waals surface area contributed by atoms with Gasteiger partial charge in [0.1, 0.15) is 18.2 Å². The molecule has 1 aromatic carbocycles. The molecule has 0 radical (unpaired) electrons. The molecule has 0 aliphatic rings. The summed E-state index contributed by atoms with van der Waals surface area (Å²) in [6.07, 6.45) is 0. The molecule has 0 bridgehead atoms. The zero-order valence-corrected chi connectivity index (χ0v) is 12.3. The van der Waals surface area contributed by atoms with E-state index in [0.717, 1.165) is 20.7 Å². The number of ether oxygens (including phenoxy) is 1. The Morgan fingerprint density at radius 3 is 2.89 bits per heavy atom. The standard InChI is InChI=1S/C13H13BrFNOS/c1-16-6-9-4-11(15)2-3-13(9)17-7-12-5-10(14)8-18-12/h2-5,8,16H,6-7H2,1H3. The van der Waals surface area contributed by atoms with E-state index in [9.17, 15) is 4.39 Å². The summed E-state index contributed by atoms with van der Waals surface area (Å²) in [6, 6.07) is 6.60. The van der Waals surface area contributed by atoms with E-state index >= 15 is 0 Å². The van der Waals surface area contributed by atoms with Crippen molar-refractivity contribution in [2.45, 2.75) is 13.2 Å². The summed E-state index contributed by atoms with van der Waals surface area (Å²) in [5.74, 6) is 0.474. The van der Waals surface area contributed by atoms with Gasteiger partial charge < -0.3 is 10.1 Å². The molecule has 0 saturated carbocycles. The molecule has 0 amide bonds. The molecular formula is C13H13BrFNOS. The highest BCUT2D eigenvalue weighted by Crippen LogP contribution is 2.24. The van der Waals surface area contributed by atoms with E-state index in [2.05, 4.69) is 21.2 Å². The van der Waals surface area contributed by atoms with Crippen molar-refractivity contribution in [1.82, 2.24) is 5.32 Å². The van der Waals surface area contributed by atoms with Crippen LogP contribution >= 0.6 is 27.3 Å². The molecule has 0 aliphatic heterocycles. The zero-order valence-electron chi connectivity index (χ0n) is 9.87. The van der Waals surface area contributed by atoms with Crippen molar-refractivity contribution in [3.05, 3.63) is 50.4 Å². The van der Waals surface area contributed by atoms with E-state index in [1.165, 1.54) is 12.1 Å². The van der Waals surface area contributed by atoms with Gasteiger partial charge in [0.2, 0.25) is 0 Å². The topological polar surface area (TPSA) is 21.3 Å². The number of thiophene rings is 1. The molecule has 2 nitrogen and oxygen atoms in total. The van der Waals surface area contributed by atoms with Crippen molar-refractivity contribution in [2.75, 3.05) is 7.05 Å². The Kier molecular flexibility index (Phi) is 4.74. The van der Waals surface area contributed by atoms with Gasteiger partial charge in [-0.15, -0.1) is 11.3 Å². The number of halogens is 2. The van der Waals surface area contributed by atoms with Crippen molar-refractivity contribution < 1.29 is 9.13 Å². The van der Waals surface area contributed by atoms with Crippen LogP contribution < -0.4 is 10.1 Å². The fraction of sp³-hybridized carbons (Fsp3) is 0.231. The van der Waals surface area contributed by atoms with Crippen LogP contribution in [0.1, 0.15) is 10.4 Å². The van der Waals surface area contributed by atoms with Gasteiger partial charge in [-0.3, -0.25) is 0 Å². The van der Waals surface area contributed by atoms with Crippen molar-refractivity contribution in [3.8, 4) is 5.75 Å². The van der Waals surface area contributed by atoms with Crippen LogP contribution in [0.3, 0.4) is 0 Å². The van der Waals surface area contributed by atoms with Crippen LogP contribution in [0.15, 0.2) is 34.1 Å². The minimum absolute atomic E-state index is 0.244. The predicted molar refractivity (Wildman–Crippen MR) is 75.5 cm³/mol. The summed E-state index contributed by atoms with van der Waals surface area (Å²) >= 11 is 5.03. The normalized spacial score (nSPS) is 10.6. The van der Waals surface area contributed by atoms with E-state index in [1.54, 1.807) is 17.4 Å². The fourth-order valence-corrected chi connectivity index (χ4v) is 2.96. The largest absolute Gasteiger partial charge is 0.488 e. The number of nitrogens with one attached hydrogen (secondary N) is 1. The lowest BCUT2D eigenvalue weighted by Crippen LogP contribution is -2.07. The van der Waals surface area contributed by atoms with Crippen LogP contribution in [0.25, 0.3) is 0 Å². The lowest BCUT2D eigenvalue weighted by molar-refractivity contribution is 0.305. The van der Waals surface area contributed by atoms with Gasteiger partial charge in [-0.1, -0.05) is 0 Å². The second-order valence-electron chi connectivity index (χ2n) is 3.80. The highest BCUT2D eigenvalue weighted by Gasteiger charge is 2.06. The Balaban J connectivity index is 2.08. The number of rotatable bonds is 5. The zero-order chi connectivity index (χ0) is 13.0. The fourth-order valence-electron chi connectivity index (χ4n) is 1.60. The second kappa shape index (κ2) is 6.31. The highest BCUT2D eigenvalue weighted by atomic mass is 79.9.